The van der Waals surface area contributed by atoms with E-state index in [0.29, 0.717) is 17.7 Å². The Morgan fingerprint density at radius 3 is 2.69 bits per heavy atom. The minimum Gasteiger partial charge on any atom is -0.345 e. The number of fused-ring (bicyclic) bond motifs is 1. The molecule has 0 aliphatic rings. The van der Waals surface area contributed by atoms with E-state index in [-0.39, 0.29) is 11.9 Å². The van der Waals surface area contributed by atoms with Crippen molar-refractivity contribution in [1.29, 1.82) is 0 Å². The smallest absolute Gasteiger partial charge is 0.313 e. The summed E-state index contributed by atoms with van der Waals surface area (Å²) < 4.78 is 13.7. The van der Waals surface area contributed by atoms with Gasteiger partial charge in [-0.1, -0.05) is 24.3 Å². The average molecular weight is 351 g/mol. The largest absolute Gasteiger partial charge is 0.345 e. The van der Waals surface area contributed by atoms with Crippen molar-refractivity contribution in [2.45, 2.75) is 19.4 Å². The molecule has 0 bridgehead atoms. The van der Waals surface area contributed by atoms with Gasteiger partial charge in [0.2, 0.25) is 0 Å². The highest BCUT2D eigenvalue weighted by Gasteiger charge is 2.17. The second-order valence-electron chi connectivity index (χ2n) is 6.04. The molecule has 3 aromatic rings. The van der Waals surface area contributed by atoms with E-state index in [9.17, 15) is 14.0 Å². The van der Waals surface area contributed by atoms with E-state index in [1.54, 1.807) is 55.6 Å². The van der Waals surface area contributed by atoms with Gasteiger partial charge in [0.25, 0.3) is 0 Å². The van der Waals surface area contributed by atoms with Gasteiger partial charge in [-0.05, 0) is 49.2 Å². The van der Waals surface area contributed by atoms with E-state index in [0.717, 1.165) is 10.9 Å². The summed E-state index contributed by atoms with van der Waals surface area (Å²) in [4.78, 5) is 28.4. The standard InChI is InChI=1S/C20H18FN3O2/c1-13(11-14-5-2-3-7-17(14)21)23-19(25)20(26)24-16-8-9-18-15(12-16)6-4-10-22-18/h2-10,12-13H,11H2,1H3,(H,23,25)(H,24,26)/t13-/m0/s1. The van der Waals surface area contributed by atoms with Crippen LogP contribution in [0, 0.1) is 5.82 Å². The van der Waals surface area contributed by atoms with Crippen LogP contribution in [-0.2, 0) is 16.0 Å². The molecule has 0 radical (unpaired) electrons. The minimum absolute atomic E-state index is 0.299. The molecule has 6 heteroatoms. The fourth-order valence-electron chi connectivity index (χ4n) is 2.68. The van der Waals surface area contributed by atoms with E-state index < -0.39 is 11.8 Å². The van der Waals surface area contributed by atoms with Gasteiger partial charge in [0.15, 0.2) is 0 Å². The van der Waals surface area contributed by atoms with E-state index in [1.165, 1.54) is 6.07 Å². The number of nitrogens with one attached hydrogen (secondary N) is 2. The molecular formula is C20H18FN3O2. The first-order valence-corrected chi connectivity index (χ1v) is 8.23. The van der Waals surface area contributed by atoms with E-state index >= 15 is 0 Å². The van der Waals surface area contributed by atoms with Crippen LogP contribution in [0.5, 0.6) is 0 Å². The lowest BCUT2D eigenvalue weighted by Gasteiger charge is -2.14. The lowest BCUT2D eigenvalue weighted by Crippen LogP contribution is -2.41. The van der Waals surface area contributed by atoms with Crippen molar-refractivity contribution in [3.63, 3.8) is 0 Å². The summed E-state index contributed by atoms with van der Waals surface area (Å²) in [5.74, 6) is -1.86. The molecule has 2 aromatic carbocycles. The fraction of sp³-hybridized carbons (Fsp3) is 0.150. The Labute approximate surface area is 150 Å². The molecule has 3 rings (SSSR count). The van der Waals surface area contributed by atoms with Crippen LogP contribution < -0.4 is 10.6 Å². The molecule has 0 aliphatic carbocycles. The number of aromatic nitrogens is 1. The van der Waals surface area contributed by atoms with Crippen LogP contribution in [0.25, 0.3) is 10.9 Å². The highest BCUT2D eigenvalue weighted by atomic mass is 19.1. The Balaban J connectivity index is 1.60. The van der Waals surface area contributed by atoms with E-state index in [4.69, 9.17) is 0 Å². The third kappa shape index (κ3) is 4.22. The number of carbonyl (C=O) groups is 2. The molecule has 2 amide bonds. The molecule has 26 heavy (non-hydrogen) atoms. The van der Waals surface area contributed by atoms with Crippen LogP contribution in [-0.4, -0.2) is 22.8 Å². The molecule has 0 fully saturated rings. The maximum absolute atomic E-state index is 13.7. The highest BCUT2D eigenvalue weighted by molar-refractivity contribution is 6.39. The first-order valence-electron chi connectivity index (χ1n) is 8.23. The number of anilines is 1. The Kier molecular flexibility index (Phi) is 5.22. The topological polar surface area (TPSA) is 71.1 Å². The van der Waals surface area contributed by atoms with Crippen LogP contribution in [0.3, 0.4) is 0 Å². The molecule has 0 spiro atoms. The quantitative estimate of drug-likeness (QED) is 0.710. The van der Waals surface area contributed by atoms with Crippen molar-refractivity contribution in [2.75, 3.05) is 5.32 Å². The summed E-state index contributed by atoms with van der Waals surface area (Å²) in [5.41, 5.74) is 1.80. The lowest BCUT2D eigenvalue weighted by molar-refractivity contribution is -0.136. The van der Waals surface area contributed by atoms with Gasteiger partial charge in [-0.25, -0.2) is 4.39 Å². The van der Waals surface area contributed by atoms with Gasteiger partial charge < -0.3 is 10.6 Å². The number of halogens is 1. The molecule has 0 aliphatic heterocycles. The van der Waals surface area contributed by atoms with Crippen LogP contribution in [0.4, 0.5) is 10.1 Å². The number of rotatable bonds is 4. The van der Waals surface area contributed by atoms with Gasteiger partial charge in [-0.3, -0.25) is 14.6 Å². The Bertz CT molecular complexity index is 958. The first kappa shape index (κ1) is 17.5. The summed E-state index contributed by atoms with van der Waals surface area (Å²) in [6.45, 7) is 1.72. The van der Waals surface area contributed by atoms with Gasteiger partial charge in [-0.15, -0.1) is 0 Å². The Morgan fingerprint density at radius 2 is 1.88 bits per heavy atom. The van der Waals surface area contributed by atoms with E-state index in [2.05, 4.69) is 15.6 Å². The summed E-state index contributed by atoms with van der Waals surface area (Å²) in [7, 11) is 0. The zero-order valence-corrected chi connectivity index (χ0v) is 14.2. The second kappa shape index (κ2) is 7.74. The maximum atomic E-state index is 13.7. The third-order valence-corrected chi connectivity index (χ3v) is 3.93. The maximum Gasteiger partial charge on any atom is 0.313 e. The van der Waals surface area contributed by atoms with Crippen LogP contribution in [0.15, 0.2) is 60.8 Å². The second-order valence-corrected chi connectivity index (χ2v) is 6.04. The first-order chi connectivity index (χ1) is 12.5. The number of pyridine rings is 1. The van der Waals surface area contributed by atoms with Crippen molar-refractivity contribution < 1.29 is 14.0 Å². The third-order valence-electron chi connectivity index (χ3n) is 3.93. The summed E-state index contributed by atoms with van der Waals surface area (Å²) in [6.07, 6.45) is 1.98. The molecule has 0 saturated carbocycles. The van der Waals surface area contributed by atoms with Gasteiger partial charge in [-0.2, -0.15) is 0 Å². The van der Waals surface area contributed by atoms with Crippen LogP contribution in [0.1, 0.15) is 12.5 Å². The van der Waals surface area contributed by atoms with Gasteiger partial charge >= 0.3 is 11.8 Å². The molecule has 5 nitrogen and oxygen atoms in total. The molecule has 1 atom stereocenters. The predicted molar refractivity (Wildman–Crippen MR) is 98.1 cm³/mol. The Morgan fingerprint density at radius 1 is 1.08 bits per heavy atom. The summed E-state index contributed by atoms with van der Waals surface area (Å²) in [6, 6.07) is 14.8. The zero-order chi connectivity index (χ0) is 18.5. The number of hydrogen-bond acceptors (Lipinski definition) is 3. The summed E-state index contributed by atoms with van der Waals surface area (Å²) in [5, 5.41) is 6.00. The van der Waals surface area contributed by atoms with Gasteiger partial charge in [0.1, 0.15) is 5.82 Å². The van der Waals surface area contributed by atoms with Crippen molar-refractivity contribution in [3.05, 3.63) is 72.2 Å². The number of amides is 2. The van der Waals surface area contributed by atoms with Crippen LogP contribution >= 0.6 is 0 Å². The Hall–Kier alpha value is -3.28. The SMILES string of the molecule is C[C@@H](Cc1ccccc1F)NC(=O)C(=O)Nc1ccc2ncccc2c1. The molecule has 132 valence electrons. The molecule has 2 N–H and O–H groups in total. The van der Waals surface area contributed by atoms with Gasteiger partial charge in [0, 0.05) is 23.3 Å². The van der Waals surface area contributed by atoms with Crippen LogP contribution in [0.2, 0.25) is 0 Å². The van der Waals surface area contributed by atoms with E-state index in [1.807, 2.05) is 6.07 Å². The average Bonchev–Trinajstić information content (AvgIpc) is 2.63. The van der Waals surface area contributed by atoms with Crippen molar-refractivity contribution in [1.82, 2.24) is 10.3 Å². The number of hydrogen-bond donors (Lipinski definition) is 2. The number of benzene rings is 2. The molecule has 1 aromatic heterocycles. The van der Waals surface area contributed by atoms with Crippen molar-refractivity contribution in [3.8, 4) is 0 Å². The van der Waals surface area contributed by atoms with Crippen molar-refractivity contribution in [2.24, 2.45) is 0 Å². The normalized spacial score (nSPS) is 11.8. The molecule has 0 saturated heterocycles. The number of nitrogens with zero attached hydrogens (tertiary/aromatic N) is 1. The molecular weight excluding hydrogens is 333 g/mol. The predicted octanol–water partition coefficient (Wildman–Crippen LogP) is 3.06. The minimum atomic E-state index is -0.770. The van der Waals surface area contributed by atoms with Gasteiger partial charge in [0.05, 0.1) is 5.52 Å². The zero-order valence-electron chi connectivity index (χ0n) is 14.2. The lowest BCUT2D eigenvalue weighted by atomic mass is 10.1. The molecule has 1 heterocycles. The van der Waals surface area contributed by atoms with Crippen molar-refractivity contribution >= 4 is 28.4 Å². The number of carbonyl (C=O) groups excluding carboxylic acids is 2. The summed E-state index contributed by atoms with van der Waals surface area (Å²) >= 11 is 0. The molecule has 0 unspecified atom stereocenters. The fourth-order valence-corrected chi connectivity index (χ4v) is 2.68. The highest BCUT2D eigenvalue weighted by Crippen LogP contribution is 2.17. The monoisotopic (exact) mass is 351 g/mol.